The maximum absolute atomic E-state index is 5.93. The molecular formula is C16H25NO. The summed E-state index contributed by atoms with van der Waals surface area (Å²) in [5.74, 6) is 0.589. The third-order valence-electron chi connectivity index (χ3n) is 3.48. The predicted molar refractivity (Wildman–Crippen MR) is 75.7 cm³/mol. The molecule has 2 atom stereocenters. The van der Waals surface area contributed by atoms with E-state index in [4.69, 9.17) is 4.74 Å². The number of hydrogen-bond acceptors (Lipinski definition) is 2. The molecule has 2 heteroatoms. The van der Waals surface area contributed by atoms with Crippen LogP contribution in [0, 0.1) is 12.8 Å². The molecule has 18 heavy (non-hydrogen) atoms. The predicted octanol–water partition coefficient (Wildman–Crippen LogP) is 3.46. The van der Waals surface area contributed by atoms with Crippen molar-refractivity contribution in [3.05, 3.63) is 35.4 Å². The molecule has 1 fully saturated rings. The molecule has 100 valence electrons. The number of rotatable bonds is 3. The highest BCUT2D eigenvalue weighted by molar-refractivity contribution is 5.25. The number of nitrogens with one attached hydrogen (secondary N) is 1. The lowest BCUT2D eigenvalue weighted by Crippen LogP contribution is -2.39. The van der Waals surface area contributed by atoms with Crippen LogP contribution in [0.1, 0.15) is 44.4 Å². The van der Waals surface area contributed by atoms with Crippen molar-refractivity contribution in [1.82, 2.24) is 5.32 Å². The quantitative estimate of drug-likeness (QED) is 0.883. The molecule has 1 aliphatic heterocycles. The van der Waals surface area contributed by atoms with Crippen LogP contribution < -0.4 is 5.32 Å². The summed E-state index contributed by atoms with van der Waals surface area (Å²) in [6.45, 7) is 10.7. The Kier molecular flexibility index (Phi) is 4.08. The van der Waals surface area contributed by atoms with Gasteiger partial charge in [0, 0.05) is 24.6 Å². The van der Waals surface area contributed by atoms with Crippen molar-refractivity contribution in [3.8, 4) is 0 Å². The van der Waals surface area contributed by atoms with Crippen LogP contribution in [0.25, 0.3) is 0 Å². The molecule has 0 bridgehead atoms. The summed E-state index contributed by atoms with van der Waals surface area (Å²) in [4.78, 5) is 0. The third-order valence-corrected chi connectivity index (χ3v) is 3.48. The molecule has 0 saturated carbocycles. The molecule has 0 radical (unpaired) electrons. The Morgan fingerprint density at radius 1 is 1.33 bits per heavy atom. The summed E-state index contributed by atoms with van der Waals surface area (Å²) < 4.78 is 5.93. The van der Waals surface area contributed by atoms with E-state index in [-0.39, 0.29) is 11.6 Å². The van der Waals surface area contributed by atoms with Crippen molar-refractivity contribution in [2.75, 3.05) is 13.2 Å². The molecule has 1 saturated heterocycles. The van der Waals surface area contributed by atoms with Crippen molar-refractivity contribution in [2.24, 2.45) is 5.92 Å². The van der Waals surface area contributed by atoms with Crippen LogP contribution in [-0.4, -0.2) is 18.7 Å². The standard InChI is InChI=1S/C16H25NO/c1-12-6-5-7-13(10-12)15-14(8-9-18-15)11-17-16(2,3)4/h5-7,10,14-15,17H,8-9,11H2,1-4H3. The average molecular weight is 247 g/mol. The molecule has 0 aromatic heterocycles. The van der Waals surface area contributed by atoms with Gasteiger partial charge in [0.05, 0.1) is 6.10 Å². The molecule has 1 aromatic rings. The fraction of sp³-hybridized carbons (Fsp3) is 0.625. The van der Waals surface area contributed by atoms with Crippen molar-refractivity contribution in [3.63, 3.8) is 0 Å². The zero-order valence-corrected chi connectivity index (χ0v) is 12.0. The van der Waals surface area contributed by atoms with Gasteiger partial charge in [0.1, 0.15) is 0 Å². The van der Waals surface area contributed by atoms with E-state index < -0.39 is 0 Å². The molecule has 2 nitrogen and oxygen atoms in total. The van der Waals surface area contributed by atoms with Gasteiger partial charge in [0.15, 0.2) is 0 Å². The second-order valence-corrected chi connectivity index (χ2v) is 6.39. The first-order valence-corrected chi connectivity index (χ1v) is 6.89. The van der Waals surface area contributed by atoms with E-state index in [9.17, 15) is 0 Å². The van der Waals surface area contributed by atoms with Crippen molar-refractivity contribution in [1.29, 1.82) is 0 Å². The van der Waals surface area contributed by atoms with E-state index in [1.54, 1.807) is 0 Å². The van der Waals surface area contributed by atoms with E-state index in [0.29, 0.717) is 5.92 Å². The van der Waals surface area contributed by atoms with E-state index in [1.807, 2.05) is 0 Å². The zero-order valence-electron chi connectivity index (χ0n) is 12.0. The normalized spacial score (nSPS) is 24.4. The van der Waals surface area contributed by atoms with Crippen LogP contribution >= 0.6 is 0 Å². The minimum atomic E-state index is 0.180. The summed E-state index contributed by atoms with van der Waals surface area (Å²) in [7, 11) is 0. The molecule has 1 aliphatic rings. The Morgan fingerprint density at radius 3 is 2.78 bits per heavy atom. The monoisotopic (exact) mass is 247 g/mol. The molecule has 2 rings (SSSR count). The first-order chi connectivity index (χ1) is 8.46. The van der Waals surface area contributed by atoms with Crippen LogP contribution in [0.2, 0.25) is 0 Å². The second-order valence-electron chi connectivity index (χ2n) is 6.39. The van der Waals surface area contributed by atoms with Gasteiger partial charge in [-0.2, -0.15) is 0 Å². The first kappa shape index (κ1) is 13.6. The minimum absolute atomic E-state index is 0.180. The highest BCUT2D eigenvalue weighted by Crippen LogP contribution is 2.34. The Labute approximate surface area is 111 Å². The van der Waals surface area contributed by atoms with Gasteiger partial charge in [0.2, 0.25) is 0 Å². The summed E-state index contributed by atoms with van der Waals surface area (Å²) in [6, 6.07) is 8.70. The second kappa shape index (κ2) is 5.41. The number of ether oxygens (including phenoxy) is 1. The van der Waals surface area contributed by atoms with Crippen molar-refractivity contribution >= 4 is 0 Å². The van der Waals surface area contributed by atoms with E-state index in [0.717, 1.165) is 19.6 Å². The van der Waals surface area contributed by atoms with Crippen LogP contribution in [-0.2, 0) is 4.74 Å². The van der Waals surface area contributed by atoms with Gasteiger partial charge >= 0.3 is 0 Å². The largest absolute Gasteiger partial charge is 0.373 e. The summed E-state index contributed by atoms with van der Waals surface area (Å²) >= 11 is 0. The van der Waals surface area contributed by atoms with Crippen LogP contribution in [0.15, 0.2) is 24.3 Å². The van der Waals surface area contributed by atoms with Gasteiger partial charge in [-0.05, 0) is 39.7 Å². The number of aryl methyl sites for hydroxylation is 1. The molecule has 2 unspecified atom stereocenters. The third kappa shape index (κ3) is 3.56. The van der Waals surface area contributed by atoms with Gasteiger partial charge < -0.3 is 10.1 Å². The average Bonchev–Trinajstić information content (AvgIpc) is 2.73. The summed E-state index contributed by atoms with van der Waals surface area (Å²) in [5, 5.41) is 3.60. The van der Waals surface area contributed by atoms with Gasteiger partial charge in [-0.25, -0.2) is 0 Å². The topological polar surface area (TPSA) is 21.3 Å². The Bertz CT molecular complexity index is 394. The molecule has 0 amide bonds. The van der Waals surface area contributed by atoms with E-state index in [2.05, 4.69) is 57.3 Å². The van der Waals surface area contributed by atoms with Crippen LogP contribution in [0.4, 0.5) is 0 Å². The lowest BCUT2D eigenvalue weighted by Gasteiger charge is -2.26. The van der Waals surface area contributed by atoms with E-state index in [1.165, 1.54) is 11.1 Å². The maximum atomic E-state index is 5.93. The van der Waals surface area contributed by atoms with Crippen molar-refractivity contribution in [2.45, 2.75) is 45.8 Å². The lowest BCUT2D eigenvalue weighted by atomic mass is 9.93. The molecule has 0 aliphatic carbocycles. The van der Waals surface area contributed by atoms with Gasteiger partial charge in [-0.3, -0.25) is 0 Å². The zero-order chi connectivity index (χ0) is 13.2. The number of hydrogen-bond donors (Lipinski definition) is 1. The van der Waals surface area contributed by atoms with Crippen molar-refractivity contribution < 1.29 is 4.74 Å². The van der Waals surface area contributed by atoms with Gasteiger partial charge in [-0.15, -0.1) is 0 Å². The van der Waals surface area contributed by atoms with E-state index >= 15 is 0 Å². The molecular weight excluding hydrogens is 222 g/mol. The SMILES string of the molecule is Cc1cccc(C2OCCC2CNC(C)(C)C)c1. The molecule has 1 heterocycles. The lowest BCUT2D eigenvalue weighted by molar-refractivity contribution is 0.0889. The first-order valence-electron chi connectivity index (χ1n) is 6.89. The van der Waals surface area contributed by atoms with Crippen LogP contribution in [0.3, 0.4) is 0 Å². The summed E-state index contributed by atoms with van der Waals surface area (Å²) in [5.41, 5.74) is 2.82. The molecule has 1 N–H and O–H groups in total. The summed E-state index contributed by atoms with van der Waals surface area (Å²) in [6.07, 6.45) is 1.42. The fourth-order valence-corrected chi connectivity index (χ4v) is 2.50. The Hall–Kier alpha value is -0.860. The molecule has 1 aromatic carbocycles. The minimum Gasteiger partial charge on any atom is -0.373 e. The number of benzene rings is 1. The molecule has 0 spiro atoms. The van der Waals surface area contributed by atoms with Gasteiger partial charge in [0.25, 0.3) is 0 Å². The highest BCUT2D eigenvalue weighted by atomic mass is 16.5. The Morgan fingerprint density at radius 2 is 2.11 bits per heavy atom. The van der Waals surface area contributed by atoms with Gasteiger partial charge in [-0.1, -0.05) is 29.8 Å². The maximum Gasteiger partial charge on any atom is 0.0866 e. The fourth-order valence-electron chi connectivity index (χ4n) is 2.50. The smallest absolute Gasteiger partial charge is 0.0866 e. The van der Waals surface area contributed by atoms with Crippen LogP contribution in [0.5, 0.6) is 0 Å². The highest BCUT2D eigenvalue weighted by Gasteiger charge is 2.30. The Balaban J connectivity index is 2.03.